The predicted molar refractivity (Wildman–Crippen MR) is 153 cm³/mol. The fraction of sp³-hybridized carbons (Fsp3) is 0.481. The first-order chi connectivity index (χ1) is 17.3. The second kappa shape index (κ2) is 10.6. The third-order valence-corrected chi connectivity index (χ3v) is 8.43. The van der Waals surface area contributed by atoms with E-state index in [-0.39, 0.29) is 60.4 Å². The van der Waals surface area contributed by atoms with Gasteiger partial charge in [0.25, 0.3) is 0 Å². The van der Waals surface area contributed by atoms with Crippen LogP contribution in [0.15, 0.2) is 30.7 Å². The van der Waals surface area contributed by atoms with E-state index < -0.39 is 0 Å². The van der Waals surface area contributed by atoms with Gasteiger partial charge in [-0.05, 0) is 73.5 Å². The zero-order chi connectivity index (χ0) is 25.2. The topological polar surface area (TPSA) is 91.6 Å². The average Bonchev–Trinajstić information content (AvgIpc) is 3.10. The van der Waals surface area contributed by atoms with Crippen LogP contribution >= 0.6 is 36.4 Å². The van der Waals surface area contributed by atoms with Crippen molar-refractivity contribution in [2.24, 2.45) is 23.2 Å². The molecular weight excluding hydrogens is 547 g/mol. The number of carbonyl (C=O) groups is 2. The number of aryl methyl sites for hydroxylation is 1. The number of benzene rings is 1. The summed E-state index contributed by atoms with van der Waals surface area (Å²) in [6.45, 7) is 9.26. The van der Waals surface area contributed by atoms with Crippen LogP contribution in [0.2, 0.25) is 5.02 Å². The molecule has 11 heteroatoms. The quantitative estimate of drug-likeness (QED) is 0.410. The van der Waals surface area contributed by atoms with Gasteiger partial charge in [-0.3, -0.25) is 14.5 Å². The Balaban J connectivity index is 0.00000168. The molecule has 0 bridgehead atoms. The molecule has 2 aliphatic heterocycles. The van der Waals surface area contributed by atoms with Gasteiger partial charge in [0.2, 0.25) is 11.8 Å². The number of rotatable bonds is 6. The van der Waals surface area contributed by atoms with Gasteiger partial charge in [0.1, 0.15) is 6.33 Å². The fourth-order valence-electron chi connectivity index (χ4n) is 6.13. The number of halogens is 3. The summed E-state index contributed by atoms with van der Waals surface area (Å²) in [6, 6.07) is 5.87. The molecule has 2 saturated heterocycles. The van der Waals surface area contributed by atoms with E-state index >= 15 is 0 Å². The summed E-state index contributed by atoms with van der Waals surface area (Å²) in [6.07, 6.45) is 5.79. The lowest BCUT2D eigenvalue weighted by Gasteiger charge is -2.25. The second-order valence-electron chi connectivity index (χ2n) is 11.1. The Morgan fingerprint density at radius 3 is 2.58 bits per heavy atom. The summed E-state index contributed by atoms with van der Waals surface area (Å²) in [5.41, 5.74) is 5.18. The number of aromatic nitrogens is 3. The van der Waals surface area contributed by atoms with Crippen LogP contribution in [0.1, 0.15) is 37.8 Å². The number of hydrogen-bond acceptors (Lipinski definition) is 6. The highest BCUT2D eigenvalue weighted by Gasteiger charge is 2.72. The van der Waals surface area contributed by atoms with Crippen LogP contribution in [-0.4, -0.2) is 50.9 Å². The third-order valence-electron chi connectivity index (χ3n) is 8.22. The minimum absolute atomic E-state index is 0. The molecule has 0 radical (unpaired) electrons. The van der Waals surface area contributed by atoms with Gasteiger partial charge in [0, 0.05) is 29.0 Å². The van der Waals surface area contributed by atoms with E-state index in [4.69, 9.17) is 11.6 Å². The van der Waals surface area contributed by atoms with Crippen LogP contribution in [0.3, 0.4) is 0 Å². The summed E-state index contributed by atoms with van der Waals surface area (Å²) in [7, 11) is 0. The number of nitrogens with one attached hydrogen (secondary N) is 2. The molecule has 38 heavy (non-hydrogen) atoms. The molecule has 2 N–H and O–H groups in total. The molecule has 0 spiro atoms. The van der Waals surface area contributed by atoms with Gasteiger partial charge in [0.05, 0.1) is 29.6 Å². The maximum atomic E-state index is 12.8. The second-order valence-corrected chi connectivity index (χ2v) is 11.5. The zero-order valence-electron chi connectivity index (χ0n) is 21.7. The molecule has 6 rings (SSSR count). The first kappa shape index (κ1) is 28.6. The first-order valence-electron chi connectivity index (χ1n) is 12.7. The number of anilines is 1. The molecule has 1 saturated carbocycles. The molecule has 3 aliphatic rings. The molecule has 3 atom stereocenters. The minimum atomic E-state index is -0.212. The number of carbonyl (C=O) groups excluding carboxylic acids is 2. The van der Waals surface area contributed by atoms with Crippen molar-refractivity contribution in [1.29, 1.82) is 0 Å². The van der Waals surface area contributed by atoms with Crippen molar-refractivity contribution in [3.8, 4) is 11.3 Å². The lowest BCUT2D eigenvalue weighted by molar-refractivity contribution is -0.143. The Hall–Kier alpha value is -2.39. The van der Waals surface area contributed by atoms with Gasteiger partial charge >= 0.3 is 0 Å². The Bertz CT molecular complexity index is 1360. The summed E-state index contributed by atoms with van der Waals surface area (Å²) in [4.78, 5) is 31.7. The number of fused-ring (bicyclic) bond motifs is 2. The van der Waals surface area contributed by atoms with Crippen LogP contribution in [0.5, 0.6) is 0 Å². The number of amides is 2. The van der Waals surface area contributed by atoms with Crippen molar-refractivity contribution in [3.63, 3.8) is 0 Å². The molecule has 204 valence electrons. The third kappa shape index (κ3) is 4.76. The molecule has 3 unspecified atom stereocenters. The average molecular weight is 580 g/mol. The number of nitrogens with zero attached hydrogens (tertiary/aromatic N) is 4. The summed E-state index contributed by atoms with van der Waals surface area (Å²) in [5, 5.41) is 12.2. The highest BCUT2D eigenvalue weighted by atomic mass is 35.5. The minimum Gasteiger partial charge on any atom is -0.384 e. The molecule has 8 nitrogen and oxygen atoms in total. The van der Waals surface area contributed by atoms with Crippen LogP contribution < -0.4 is 10.6 Å². The summed E-state index contributed by atoms with van der Waals surface area (Å²) >= 11 is 6.49. The fourth-order valence-corrected chi connectivity index (χ4v) is 6.40. The number of hydrogen-bond donors (Lipinski definition) is 2. The van der Waals surface area contributed by atoms with Crippen molar-refractivity contribution < 1.29 is 9.59 Å². The zero-order valence-corrected chi connectivity index (χ0v) is 24.1. The lowest BCUT2D eigenvalue weighted by atomic mass is 9.98. The van der Waals surface area contributed by atoms with Gasteiger partial charge in [-0.2, -0.15) is 5.10 Å². The van der Waals surface area contributed by atoms with Gasteiger partial charge in [-0.25, -0.2) is 9.50 Å². The van der Waals surface area contributed by atoms with Gasteiger partial charge in [-0.15, -0.1) is 24.8 Å². The van der Waals surface area contributed by atoms with Crippen LogP contribution in [-0.2, 0) is 16.1 Å². The molecular formula is C27H33Cl3N6O2. The monoisotopic (exact) mass is 578 g/mol. The maximum absolute atomic E-state index is 12.8. The van der Waals surface area contributed by atoms with Crippen molar-refractivity contribution in [2.75, 3.05) is 25.0 Å². The Morgan fingerprint density at radius 2 is 1.89 bits per heavy atom. The van der Waals surface area contributed by atoms with Crippen molar-refractivity contribution in [2.45, 2.75) is 40.2 Å². The Morgan fingerprint density at radius 1 is 1.16 bits per heavy atom. The van der Waals surface area contributed by atoms with Gasteiger partial charge in [0.15, 0.2) is 0 Å². The van der Waals surface area contributed by atoms with Crippen LogP contribution in [0, 0.1) is 30.1 Å². The number of piperidine rings is 2. The maximum Gasteiger partial charge on any atom is 0.233 e. The van der Waals surface area contributed by atoms with E-state index in [1.54, 1.807) is 4.52 Å². The molecule has 1 aliphatic carbocycles. The molecule has 4 heterocycles. The SMILES string of the molecule is Cc1cc(Cl)cc(-c2ncnn3cc(CN4C(=O)C5C(C4=O)C5(C)C)cc23)c1NCC1CCCNC1.Cl.Cl. The first-order valence-corrected chi connectivity index (χ1v) is 13.1. The van der Waals surface area contributed by atoms with Crippen molar-refractivity contribution in [3.05, 3.63) is 46.9 Å². The van der Waals surface area contributed by atoms with Crippen LogP contribution in [0.25, 0.3) is 16.8 Å². The van der Waals surface area contributed by atoms with E-state index in [1.807, 2.05) is 38.2 Å². The van der Waals surface area contributed by atoms with E-state index in [2.05, 4.69) is 27.6 Å². The highest BCUT2D eigenvalue weighted by molar-refractivity contribution is 6.31. The van der Waals surface area contributed by atoms with Crippen LogP contribution in [0.4, 0.5) is 5.69 Å². The van der Waals surface area contributed by atoms with Crippen molar-refractivity contribution >= 4 is 59.4 Å². The smallest absolute Gasteiger partial charge is 0.233 e. The summed E-state index contributed by atoms with van der Waals surface area (Å²) in [5.74, 6) is 0.0785. The predicted octanol–water partition coefficient (Wildman–Crippen LogP) is 4.75. The highest BCUT2D eigenvalue weighted by Crippen LogP contribution is 2.63. The van der Waals surface area contributed by atoms with Crippen molar-refractivity contribution in [1.82, 2.24) is 24.8 Å². The van der Waals surface area contributed by atoms with Gasteiger partial charge in [-0.1, -0.05) is 25.4 Å². The lowest BCUT2D eigenvalue weighted by Crippen LogP contribution is -2.35. The largest absolute Gasteiger partial charge is 0.384 e. The standard InChI is InChI=1S/C27H31ClN6O2.2ClH/c1-15-7-18(28)9-19(23(15)30-11-16-5-4-6-29-10-16)24-20-8-17(13-34(20)32-14-31-24)12-33-25(35)21-22(26(33)36)27(21,2)3;;/h7-9,13-14,16,21-22,29-30H,4-6,10-12H2,1-3H3;2*1H. The Kier molecular flexibility index (Phi) is 8.01. The molecule has 3 aromatic rings. The molecule has 2 aromatic heterocycles. The molecule has 2 amide bonds. The Labute approximate surface area is 239 Å². The summed E-state index contributed by atoms with van der Waals surface area (Å²) < 4.78 is 1.76. The normalized spacial score (nSPS) is 23.6. The number of imide groups is 1. The molecule has 3 fully saturated rings. The van der Waals surface area contributed by atoms with E-state index in [0.29, 0.717) is 10.9 Å². The molecule has 1 aromatic carbocycles. The van der Waals surface area contributed by atoms with E-state index in [9.17, 15) is 9.59 Å². The van der Waals surface area contributed by atoms with E-state index in [0.717, 1.165) is 53.2 Å². The number of likely N-dealkylation sites (tertiary alicyclic amines) is 1. The van der Waals surface area contributed by atoms with E-state index in [1.165, 1.54) is 24.1 Å². The van der Waals surface area contributed by atoms with Gasteiger partial charge < -0.3 is 10.6 Å².